The first-order chi connectivity index (χ1) is 7.40. The summed E-state index contributed by atoms with van der Waals surface area (Å²) < 4.78 is 5.30. The fraction of sp³-hybridized carbons (Fsp3) is 0.833. The van der Waals surface area contributed by atoms with E-state index in [0.717, 1.165) is 19.1 Å². The van der Waals surface area contributed by atoms with Crippen LogP contribution in [0.3, 0.4) is 0 Å². The molecule has 0 N–H and O–H groups in total. The second-order valence-corrected chi connectivity index (χ2v) is 5.83. The lowest BCUT2D eigenvalue weighted by Gasteiger charge is -2.33. The Balaban J connectivity index is 2.00. The molecule has 3 atom stereocenters. The van der Waals surface area contributed by atoms with Gasteiger partial charge in [-0.2, -0.15) is 0 Å². The van der Waals surface area contributed by atoms with Gasteiger partial charge in [0.15, 0.2) is 0 Å². The minimum Gasteiger partial charge on any atom is -0.444 e. The molecule has 1 aliphatic heterocycles. The molecule has 0 unspecified atom stereocenters. The van der Waals surface area contributed by atoms with Crippen LogP contribution in [0.1, 0.15) is 33.6 Å². The van der Waals surface area contributed by atoms with Crippen LogP contribution in [0.15, 0.2) is 0 Å². The summed E-state index contributed by atoms with van der Waals surface area (Å²) >= 11 is 0. The van der Waals surface area contributed by atoms with Crippen LogP contribution in [0.2, 0.25) is 0 Å². The highest BCUT2D eigenvalue weighted by molar-refractivity contribution is 5.74. The standard InChI is InChI=1S/C12H19NO3/c1-12(2,3)16-11(15)13-6-9-4-8(9)5-10(13)7-14/h7-10H,4-6H2,1-3H3/t8-,9+,10+/m1/s1. The lowest BCUT2D eigenvalue weighted by Crippen LogP contribution is -2.47. The number of ether oxygens (including phenoxy) is 1. The number of piperidine rings is 1. The summed E-state index contributed by atoms with van der Waals surface area (Å²) in [5.41, 5.74) is -0.495. The summed E-state index contributed by atoms with van der Waals surface area (Å²) in [7, 11) is 0. The number of amides is 1. The number of hydrogen-bond donors (Lipinski definition) is 0. The van der Waals surface area contributed by atoms with E-state index in [-0.39, 0.29) is 12.1 Å². The molecule has 0 aromatic rings. The number of nitrogens with zero attached hydrogens (tertiary/aromatic N) is 1. The average Bonchev–Trinajstić information content (AvgIpc) is 2.90. The molecule has 2 rings (SSSR count). The minimum absolute atomic E-state index is 0.279. The zero-order valence-electron chi connectivity index (χ0n) is 10.1. The van der Waals surface area contributed by atoms with Crippen LogP contribution < -0.4 is 0 Å². The van der Waals surface area contributed by atoms with E-state index >= 15 is 0 Å². The Labute approximate surface area is 95.9 Å². The van der Waals surface area contributed by atoms with Gasteiger partial charge in [-0.1, -0.05) is 0 Å². The fourth-order valence-electron chi connectivity index (χ4n) is 2.31. The molecule has 1 saturated carbocycles. The molecule has 1 saturated heterocycles. The van der Waals surface area contributed by atoms with Crippen molar-refractivity contribution in [3.63, 3.8) is 0 Å². The van der Waals surface area contributed by atoms with Gasteiger partial charge in [-0.05, 0) is 45.4 Å². The Kier molecular flexibility index (Phi) is 2.68. The maximum Gasteiger partial charge on any atom is 0.410 e. The van der Waals surface area contributed by atoms with Gasteiger partial charge >= 0.3 is 6.09 Å². The summed E-state index contributed by atoms with van der Waals surface area (Å²) in [6.45, 7) is 6.20. The molecule has 16 heavy (non-hydrogen) atoms. The van der Waals surface area contributed by atoms with Gasteiger partial charge in [0.25, 0.3) is 0 Å². The Hall–Kier alpha value is -1.06. The molecule has 0 spiro atoms. The van der Waals surface area contributed by atoms with Crippen molar-refractivity contribution in [1.29, 1.82) is 0 Å². The molecule has 0 radical (unpaired) electrons. The number of rotatable bonds is 1. The molecule has 4 heteroatoms. The van der Waals surface area contributed by atoms with Crippen molar-refractivity contribution >= 4 is 12.4 Å². The molecule has 0 aromatic carbocycles. The van der Waals surface area contributed by atoms with E-state index in [9.17, 15) is 9.59 Å². The molecular weight excluding hydrogens is 206 g/mol. The number of aldehydes is 1. The molecular formula is C12H19NO3. The van der Waals surface area contributed by atoms with Crippen LogP contribution in [0.25, 0.3) is 0 Å². The third kappa shape index (κ3) is 2.36. The Morgan fingerprint density at radius 1 is 1.31 bits per heavy atom. The molecule has 4 nitrogen and oxygen atoms in total. The van der Waals surface area contributed by atoms with E-state index in [2.05, 4.69) is 0 Å². The molecule has 90 valence electrons. The first kappa shape index (κ1) is 11.4. The van der Waals surface area contributed by atoms with Crippen molar-refractivity contribution in [3.8, 4) is 0 Å². The van der Waals surface area contributed by atoms with Crippen LogP contribution in [0.4, 0.5) is 4.79 Å². The van der Waals surface area contributed by atoms with Crippen LogP contribution in [0.5, 0.6) is 0 Å². The summed E-state index contributed by atoms with van der Waals surface area (Å²) in [5, 5.41) is 0. The normalized spacial score (nSPS) is 32.9. The summed E-state index contributed by atoms with van der Waals surface area (Å²) in [6.07, 6.45) is 2.49. The zero-order valence-corrected chi connectivity index (χ0v) is 10.1. The molecule has 1 aliphatic carbocycles. The highest BCUT2D eigenvalue weighted by Gasteiger charge is 2.47. The van der Waals surface area contributed by atoms with E-state index in [0.29, 0.717) is 18.4 Å². The highest BCUT2D eigenvalue weighted by atomic mass is 16.6. The first-order valence-electron chi connectivity index (χ1n) is 5.85. The quantitative estimate of drug-likeness (QED) is 0.640. The Morgan fingerprint density at radius 2 is 2.00 bits per heavy atom. The second kappa shape index (κ2) is 3.75. The molecule has 2 aliphatic rings. The molecule has 0 aromatic heterocycles. The summed E-state index contributed by atoms with van der Waals surface area (Å²) in [5.74, 6) is 1.26. The van der Waals surface area contributed by atoms with Crippen LogP contribution >= 0.6 is 0 Å². The van der Waals surface area contributed by atoms with E-state index in [1.54, 1.807) is 4.90 Å². The van der Waals surface area contributed by atoms with Crippen molar-refractivity contribution in [2.45, 2.75) is 45.3 Å². The topological polar surface area (TPSA) is 46.6 Å². The SMILES string of the molecule is CC(C)(C)OC(=O)N1C[C@@H]2C[C@@H]2C[C@H]1C=O. The van der Waals surface area contributed by atoms with Gasteiger partial charge in [-0.3, -0.25) is 4.90 Å². The number of carbonyl (C=O) groups is 2. The van der Waals surface area contributed by atoms with Crippen LogP contribution in [-0.4, -0.2) is 35.5 Å². The maximum atomic E-state index is 11.9. The molecule has 1 amide bonds. The van der Waals surface area contributed by atoms with Crippen molar-refractivity contribution in [2.24, 2.45) is 11.8 Å². The van der Waals surface area contributed by atoms with Crippen molar-refractivity contribution in [3.05, 3.63) is 0 Å². The van der Waals surface area contributed by atoms with Gasteiger partial charge in [0.2, 0.25) is 0 Å². The van der Waals surface area contributed by atoms with Gasteiger partial charge in [0.05, 0.1) is 6.04 Å². The van der Waals surface area contributed by atoms with E-state index in [4.69, 9.17) is 4.74 Å². The van der Waals surface area contributed by atoms with Gasteiger partial charge in [0.1, 0.15) is 11.9 Å². The monoisotopic (exact) mass is 225 g/mol. The number of likely N-dealkylation sites (tertiary alicyclic amines) is 1. The number of fused-ring (bicyclic) bond motifs is 1. The summed E-state index contributed by atoms with van der Waals surface area (Å²) in [4.78, 5) is 24.4. The predicted molar refractivity (Wildman–Crippen MR) is 59.0 cm³/mol. The largest absolute Gasteiger partial charge is 0.444 e. The van der Waals surface area contributed by atoms with E-state index < -0.39 is 5.60 Å². The van der Waals surface area contributed by atoms with Gasteiger partial charge in [-0.15, -0.1) is 0 Å². The predicted octanol–water partition coefficient (Wildman–Crippen LogP) is 1.83. The average molecular weight is 225 g/mol. The fourth-order valence-corrected chi connectivity index (χ4v) is 2.31. The minimum atomic E-state index is -0.495. The third-order valence-corrected chi connectivity index (χ3v) is 3.23. The van der Waals surface area contributed by atoms with Crippen molar-refractivity contribution in [1.82, 2.24) is 4.90 Å². The summed E-state index contributed by atoms with van der Waals surface area (Å²) in [6, 6.07) is -0.279. The van der Waals surface area contributed by atoms with Crippen molar-refractivity contribution in [2.75, 3.05) is 6.54 Å². The smallest absolute Gasteiger partial charge is 0.410 e. The molecule has 0 bridgehead atoms. The van der Waals surface area contributed by atoms with Crippen LogP contribution in [0, 0.1) is 11.8 Å². The van der Waals surface area contributed by atoms with E-state index in [1.807, 2.05) is 20.8 Å². The first-order valence-corrected chi connectivity index (χ1v) is 5.85. The number of hydrogen-bond acceptors (Lipinski definition) is 3. The molecule has 2 fully saturated rings. The lowest BCUT2D eigenvalue weighted by atomic mass is 10.0. The van der Waals surface area contributed by atoms with Gasteiger partial charge < -0.3 is 9.53 Å². The number of carbonyl (C=O) groups excluding carboxylic acids is 2. The Morgan fingerprint density at radius 3 is 2.56 bits per heavy atom. The van der Waals surface area contributed by atoms with Gasteiger partial charge in [-0.25, -0.2) is 4.79 Å². The maximum absolute atomic E-state index is 11.9. The molecule has 1 heterocycles. The lowest BCUT2D eigenvalue weighted by molar-refractivity contribution is -0.113. The van der Waals surface area contributed by atoms with E-state index in [1.165, 1.54) is 0 Å². The van der Waals surface area contributed by atoms with Gasteiger partial charge in [0, 0.05) is 6.54 Å². The second-order valence-electron chi connectivity index (χ2n) is 5.83. The third-order valence-electron chi connectivity index (χ3n) is 3.23. The zero-order chi connectivity index (χ0) is 11.9. The van der Waals surface area contributed by atoms with Crippen LogP contribution in [-0.2, 0) is 9.53 Å². The van der Waals surface area contributed by atoms with Crippen molar-refractivity contribution < 1.29 is 14.3 Å². The highest BCUT2D eigenvalue weighted by Crippen LogP contribution is 2.46. The Bertz CT molecular complexity index is 308.